The van der Waals surface area contributed by atoms with Gasteiger partial charge in [0.1, 0.15) is 6.29 Å². The van der Waals surface area contributed by atoms with Gasteiger partial charge in [0.15, 0.2) is 5.78 Å². The van der Waals surface area contributed by atoms with Gasteiger partial charge >= 0.3 is 0 Å². The van der Waals surface area contributed by atoms with Gasteiger partial charge in [0, 0.05) is 17.4 Å². The molecule has 1 saturated heterocycles. The van der Waals surface area contributed by atoms with E-state index >= 15 is 0 Å². The van der Waals surface area contributed by atoms with E-state index in [1.165, 1.54) is 19.3 Å². The topological polar surface area (TPSA) is 46.7 Å². The Morgan fingerprint density at radius 1 is 1.22 bits per heavy atom. The molecule has 4 rings (SSSR count). The van der Waals surface area contributed by atoms with Crippen molar-refractivity contribution in [3.8, 4) is 0 Å². The predicted molar refractivity (Wildman–Crippen MR) is 87.8 cm³/mol. The van der Waals surface area contributed by atoms with Crippen LogP contribution in [0.25, 0.3) is 0 Å². The number of hydrogen-bond acceptors (Lipinski definition) is 3. The van der Waals surface area contributed by atoms with E-state index in [9.17, 15) is 9.59 Å². The maximum absolute atomic E-state index is 13.0. The monoisotopic (exact) mass is 316 g/mol. The summed E-state index contributed by atoms with van der Waals surface area (Å²) < 4.78 is 5.56. The zero-order valence-corrected chi connectivity index (χ0v) is 14.5. The van der Waals surface area contributed by atoms with Crippen LogP contribution in [0, 0.1) is 34.5 Å². The van der Waals surface area contributed by atoms with Gasteiger partial charge in [0.25, 0.3) is 0 Å². The Hall–Kier alpha value is -0.960. The SMILES string of the molecule is CC1(C)CCCC2(C)C3C(=O)C=C(C=O)C(C4CO4)C3CCC12. The number of aldehydes is 1. The first-order chi connectivity index (χ1) is 10.9. The second-order valence-corrected chi connectivity index (χ2v) is 9.18. The molecule has 6 atom stereocenters. The molecule has 0 bridgehead atoms. The molecule has 0 N–H and O–H groups in total. The lowest BCUT2D eigenvalue weighted by Gasteiger charge is -2.60. The third-order valence-electron chi connectivity index (χ3n) is 7.56. The maximum atomic E-state index is 13.0. The summed E-state index contributed by atoms with van der Waals surface area (Å²) in [4.78, 5) is 24.5. The smallest absolute Gasteiger partial charge is 0.160 e. The summed E-state index contributed by atoms with van der Waals surface area (Å²) in [5.41, 5.74) is 1.09. The first-order valence-corrected chi connectivity index (χ1v) is 9.21. The van der Waals surface area contributed by atoms with Crippen molar-refractivity contribution in [2.24, 2.45) is 34.5 Å². The third-order valence-corrected chi connectivity index (χ3v) is 7.56. The quantitative estimate of drug-likeness (QED) is 0.578. The van der Waals surface area contributed by atoms with Crippen LogP contribution in [0.2, 0.25) is 0 Å². The highest BCUT2D eigenvalue weighted by Crippen LogP contribution is 2.64. The van der Waals surface area contributed by atoms with E-state index in [0.717, 1.165) is 25.7 Å². The molecule has 1 heterocycles. The second kappa shape index (κ2) is 5.02. The number of ketones is 1. The van der Waals surface area contributed by atoms with E-state index in [1.54, 1.807) is 6.08 Å². The molecule has 23 heavy (non-hydrogen) atoms. The lowest BCUT2D eigenvalue weighted by molar-refractivity contribution is -0.147. The molecule has 3 aliphatic carbocycles. The highest BCUT2D eigenvalue weighted by Gasteiger charge is 2.60. The summed E-state index contributed by atoms with van der Waals surface area (Å²) in [5.74, 6) is 1.35. The fraction of sp³-hybridized carbons (Fsp3) is 0.800. The minimum atomic E-state index is 0.0822. The van der Waals surface area contributed by atoms with Crippen molar-refractivity contribution >= 4 is 12.1 Å². The van der Waals surface area contributed by atoms with Crippen LogP contribution < -0.4 is 0 Å². The molecule has 0 spiro atoms. The van der Waals surface area contributed by atoms with Crippen molar-refractivity contribution < 1.29 is 14.3 Å². The molecule has 4 aliphatic rings. The number of epoxide rings is 1. The number of allylic oxidation sites excluding steroid dienone is 1. The highest BCUT2D eigenvalue weighted by atomic mass is 16.6. The van der Waals surface area contributed by atoms with Gasteiger partial charge in [-0.2, -0.15) is 0 Å². The van der Waals surface area contributed by atoms with Gasteiger partial charge in [-0.3, -0.25) is 9.59 Å². The van der Waals surface area contributed by atoms with E-state index in [0.29, 0.717) is 22.8 Å². The van der Waals surface area contributed by atoms with Crippen LogP contribution in [0.1, 0.15) is 52.9 Å². The summed E-state index contributed by atoms with van der Waals surface area (Å²) >= 11 is 0. The average Bonchev–Trinajstić information content (AvgIpc) is 3.29. The van der Waals surface area contributed by atoms with Gasteiger partial charge in [-0.05, 0) is 54.4 Å². The zero-order valence-electron chi connectivity index (χ0n) is 14.5. The van der Waals surface area contributed by atoms with E-state index in [1.807, 2.05) is 0 Å². The van der Waals surface area contributed by atoms with Gasteiger partial charge in [-0.15, -0.1) is 0 Å². The summed E-state index contributed by atoms with van der Waals surface area (Å²) in [7, 11) is 0. The van der Waals surface area contributed by atoms with E-state index in [2.05, 4.69) is 20.8 Å². The summed E-state index contributed by atoms with van der Waals surface area (Å²) in [6.45, 7) is 7.88. The number of rotatable bonds is 2. The Kier molecular flexibility index (Phi) is 3.39. The van der Waals surface area contributed by atoms with Crippen molar-refractivity contribution in [3.05, 3.63) is 11.6 Å². The molecular formula is C20H28O3. The normalized spacial score (nSPS) is 48.0. The Labute approximate surface area is 138 Å². The largest absolute Gasteiger partial charge is 0.372 e. The third kappa shape index (κ3) is 2.19. The zero-order chi connectivity index (χ0) is 16.4. The molecule has 6 unspecified atom stereocenters. The van der Waals surface area contributed by atoms with Gasteiger partial charge < -0.3 is 4.74 Å². The first kappa shape index (κ1) is 15.6. The number of fused-ring (bicyclic) bond motifs is 3. The van der Waals surface area contributed by atoms with Crippen LogP contribution in [0.3, 0.4) is 0 Å². The van der Waals surface area contributed by atoms with Crippen molar-refractivity contribution in [1.82, 2.24) is 0 Å². The van der Waals surface area contributed by atoms with Crippen LogP contribution in [0.5, 0.6) is 0 Å². The van der Waals surface area contributed by atoms with Crippen LogP contribution in [0.15, 0.2) is 11.6 Å². The van der Waals surface area contributed by atoms with Crippen molar-refractivity contribution in [2.45, 2.75) is 59.0 Å². The van der Waals surface area contributed by atoms with E-state index < -0.39 is 0 Å². The molecule has 3 fully saturated rings. The number of hydrogen-bond donors (Lipinski definition) is 0. The maximum Gasteiger partial charge on any atom is 0.160 e. The van der Waals surface area contributed by atoms with E-state index in [4.69, 9.17) is 4.74 Å². The molecule has 126 valence electrons. The van der Waals surface area contributed by atoms with Gasteiger partial charge in [-0.1, -0.05) is 27.2 Å². The van der Waals surface area contributed by atoms with Crippen LogP contribution in [0.4, 0.5) is 0 Å². The Morgan fingerprint density at radius 3 is 2.61 bits per heavy atom. The lowest BCUT2D eigenvalue weighted by Crippen LogP contribution is -2.56. The first-order valence-electron chi connectivity index (χ1n) is 9.21. The standard InChI is InChI=1S/C20H28O3/c1-19(2)7-4-8-20(3)16(19)6-5-13-17(15-11-23-15)12(10-21)9-14(22)18(13)20/h9-10,13,15-18H,4-8,11H2,1-3H3. The van der Waals surface area contributed by atoms with Crippen LogP contribution in [-0.4, -0.2) is 24.8 Å². The summed E-state index contributed by atoms with van der Waals surface area (Å²) in [6, 6.07) is 0. The van der Waals surface area contributed by atoms with Crippen molar-refractivity contribution in [2.75, 3.05) is 6.61 Å². The molecule has 1 aliphatic heterocycles. The molecule has 0 aromatic rings. The Bertz CT molecular complexity index is 571. The second-order valence-electron chi connectivity index (χ2n) is 9.18. The number of ether oxygens (including phenoxy) is 1. The Morgan fingerprint density at radius 2 is 1.96 bits per heavy atom. The predicted octanol–water partition coefficient (Wildman–Crippen LogP) is 3.57. The van der Waals surface area contributed by atoms with E-state index in [-0.39, 0.29) is 29.1 Å². The molecule has 3 heteroatoms. The minimum Gasteiger partial charge on any atom is -0.372 e. The fourth-order valence-corrected chi connectivity index (χ4v) is 6.66. The van der Waals surface area contributed by atoms with Gasteiger partial charge in [0.2, 0.25) is 0 Å². The molecule has 2 saturated carbocycles. The molecule has 0 aromatic heterocycles. The van der Waals surface area contributed by atoms with Gasteiger partial charge in [-0.25, -0.2) is 0 Å². The molecule has 0 aromatic carbocycles. The minimum absolute atomic E-state index is 0.0822. The van der Waals surface area contributed by atoms with Crippen LogP contribution in [-0.2, 0) is 14.3 Å². The molecule has 0 radical (unpaired) electrons. The highest BCUT2D eigenvalue weighted by molar-refractivity contribution is 5.99. The average molecular weight is 316 g/mol. The van der Waals surface area contributed by atoms with Gasteiger partial charge in [0.05, 0.1) is 12.7 Å². The Balaban J connectivity index is 1.76. The lowest BCUT2D eigenvalue weighted by atomic mass is 9.43. The van der Waals surface area contributed by atoms with Crippen molar-refractivity contribution in [1.29, 1.82) is 0 Å². The molecule has 3 nitrogen and oxygen atoms in total. The summed E-state index contributed by atoms with van der Waals surface area (Å²) in [5, 5.41) is 0. The van der Waals surface area contributed by atoms with Crippen molar-refractivity contribution in [3.63, 3.8) is 0 Å². The fourth-order valence-electron chi connectivity index (χ4n) is 6.66. The number of carbonyl (C=O) groups is 2. The molecular weight excluding hydrogens is 288 g/mol. The summed E-state index contributed by atoms with van der Waals surface area (Å²) in [6.07, 6.45) is 8.62. The number of carbonyl (C=O) groups excluding carboxylic acids is 2. The molecule has 0 amide bonds. The van der Waals surface area contributed by atoms with Crippen LogP contribution >= 0.6 is 0 Å².